The number of nitrogens with one attached hydrogen (secondary N) is 1. The predicted molar refractivity (Wildman–Crippen MR) is 62.8 cm³/mol. The highest BCUT2D eigenvalue weighted by molar-refractivity contribution is 5.70. The molecule has 0 aromatic carbocycles. The van der Waals surface area contributed by atoms with Gasteiger partial charge in [-0.2, -0.15) is 0 Å². The fourth-order valence-corrected chi connectivity index (χ4v) is 2.22. The number of fused-ring (bicyclic) bond motifs is 1. The van der Waals surface area contributed by atoms with Crippen LogP contribution in [-0.2, 0) is 17.6 Å². The summed E-state index contributed by atoms with van der Waals surface area (Å²) in [5.41, 5.74) is 1.87. The Morgan fingerprint density at radius 1 is 1.44 bits per heavy atom. The second-order valence-electron chi connectivity index (χ2n) is 4.38. The lowest BCUT2D eigenvalue weighted by Gasteiger charge is -2.20. The van der Waals surface area contributed by atoms with E-state index in [2.05, 4.69) is 19.9 Å². The van der Waals surface area contributed by atoms with Gasteiger partial charge in [-0.15, -0.1) is 0 Å². The van der Waals surface area contributed by atoms with Gasteiger partial charge in [0.1, 0.15) is 0 Å². The van der Waals surface area contributed by atoms with Crippen LogP contribution in [0.3, 0.4) is 0 Å². The third kappa shape index (κ3) is 1.85. The summed E-state index contributed by atoms with van der Waals surface area (Å²) >= 11 is 0. The smallest absolute Gasteiger partial charge is 0.306 e. The molecule has 0 aliphatic heterocycles. The van der Waals surface area contributed by atoms with Crippen LogP contribution >= 0.6 is 0 Å². The summed E-state index contributed by atoms with van der Waals surface area (Å²) in [6.45, 7) is 0. The molecule has 2 aromatic rings. The van der Waals surface area contributed by atoms with Gasteiger partial charge < -0.3 is 10.1 Å². The fourth-order valence-electron chi connectivity index (χ4n) is 2.22. The van der Waals surface area contributed by atoms with Crippen molar-refractivity contribution in [2.24, 2.45) is 5.92 Å². The molecule has 1 aliphatic rings. The fraction of sp³-hybridized carbons (Fsp3) is 0.333. The Balaban J connectivity index is 1.92. The monoisotopic (exact) mass is 244 g/mol. The van der Waals surface area contributed by atoms with Crippen LogP contribution < -0.4 is 0 Å². The highest BCUT2D eigenvalue weighted by Gasteiger charge is 2.25. The minimum Gasteiger partial charge on any atom is -0.481 e. The van der Waals surface area contributed by atoms with Crippen molar-refractivity contribution in [1.82, 2.24) is 19.9 Å². The van der Waals surface area contributed by atoms with Gasteiger partial charge in [-0.1, -0.05) is 0 Å². The molecule has 3 rings (SSSR count). The molecule has 0 saturated carbocycles. The minimum atomic E-state index is -0.740. The van der Waals surface area contributed by atoms with Gasteiger partial charge in [-0.3, -0.25) is 4.79 Å². The summed E-state index contributed by atoms with van der Waals surface area (Å²) in [6, 6.07) is 0. The topological polar surface area (TPSA) is 91.8 Å². The molecule has 0 amide bonds. The number of aliphatic carboxylic acids is 1. The molecule has 1 unspecified atom stereocenters. The molecular formula is C12H12N4O2. The molecule has 2 heterocycles. The number of aromatic amines is 1. The molecule has 92 valence electrons. The first-order chi connectivity index (χ1) is 8.74. The van der Waals surface area contributed by atoms with E-state index >= 15 is 0 Å². The van der Waals surface area contributed by atoms with E-state index in [-0.39, 0.29) is 5.92 Å². The summed E-state index contributed by atoms with van der Waals surface area (Å²) in [7, 11) is 0. The summed E-state index contributed by atoms with van der Waals surface area (Å²) in [5, 5.41) is 9.01. The molecule has 0 fully saturated rings. The average Bonchev–Trinajstić information content (AvgIpc) is 2.91. The zero-order valence-corrected chi connectivity index (χ0v) is 9.63. The summed E-state index contributed by atoms with van der Waals surface area (Å²) in [5.74, 6) is 0.150. The highest BCUT2D eigenvalue weighted by atomic mass is 16.4. The van der Waals surface area contributed by atoms with Crippen LogP contribution in [0.15, 0.2) is 18.6 Å². The Morgan fingerprint density at radius 2 is 2.33 bits per heavy atom. The maximum Gasteiger partial charge on any atom is 0.306 e. The van der Waals surface area contributed by atoms with Crippen LogP contribution in [0.2, 0.25) is 0 Å². The highest BCUT2D eigenvalue weighted by Crippen LogP contribution is 2.25. The number of nitrogens with zero attached hydrogens (tertiary/aromatic N) is 3. The number of rotatable bonds is 2. The van der Waals surface area contributed by atoms with E-state index in [1.165, 1.54) is 0 Å². The average molecular weight is 244 g/mol. The number of H-pyrrole nitrogens is 1. The largest absolute Gasteiger partial charge is 0.481 e. The van der Waals surface area contributed by atoms with Crippen molar-refractivity contribution in [3.05, 3.63) is 29.8 Å². The maximum absolute atomic E-state index is 11.0. The van der Waals surface area contributed by atoms with Crippen LogP contribution in [0, 0.1) is 5.92 Å². The molecule has 2 aromatic heterocycles. The predicted octanol–water partition coefficient (Wildman–Crippen LogP) is 1.06. The lowest BCUT2D eigenvalue weighted by molar-refractivity contribution is -0.142. The number of hydrogen-bond acceptors (Lipinski definition) is 4. The molecule has 0 saturated heterocycles. The minimum absolute atomic E-state index is 0.310. The third-order valence-electron chi connectivity index (χ3n) is 3.21. The first kappa shape index (κ1) is 10.9. The Labute approximate surface area is 103 Å². The SMILES string of the molecule is O=C(O)C1CCc2nc(-c3ncc[nH]3)ncc2C1. The van der Waals surface area contributed by atoms with Crippen LogP contribution in [0.25, 0.3) is 11.6 Å². The van der Waals surface area contributed by atoms with E-state index in [0.29, 0.717) is 30.9 Å². The van der Waals surface area contributed by atoms with E-state index in [4.69, 9.17) is 5.11 Å². The van der Waals surface area contributed by atoms with Crippen molar-refractivity contribution in [3.63, 3.8) is 0 Å². The third-order valence-corrected chi connectivity index (χ3v) is 3.21. The molecule has 0 radical (unpaired) electrons. The van der Waals surface area contributed by atoms with Crippen LogP contribution in [0.4, 0.5) is 0 Å². The van der Waals surface area contributed by atoms with Gasteiger partial charge in [-0.25, -0.2) is 15.0 Å². The van der Waals surface area contributed by atoms with Crippen LogP contribution in [0.1, 0.15) is 17.7 Å². The second kappa shape index (κ2) is 4.21. The van der Waals surface area contributed by atoms with E-state index in [1.807, 2.05) is 0 Å². The van der Waals surface area contributed by atoms with E-state index in [9.17, 15) is 4.79 Å². The van der Waals surface area contributed by atoms with Crippen molar-refractivity contribution in [2.45, 2.75) is 19.3 Å². The Morgan fingerprint density at radius 3 is 3.06 bits per heavy atom. The van der Waals surface area contributed by atoms with Crippen molar-refractivity contribution < 1.29 is 9.90 Å². The molecule has 0 bridgehead atoms. The van der Waals surface area contributed by atoms with Gasteiger partial charge in [0.2, 0.25) is 0 Å². The van der Waals surface area contributed by atoms with Crippen LogP contribution in [0.5, 0.6) is 0 Å². The van der Waals surface area contributed by atoms with E-state index in [1.54, 1.807) is 18.6 Å². The van der Waals surface area contributed by atoms with E-state index < -0.39 is 5.97 Å². The van der Waals surface area contributed by atoms with Crippen LogP contribution in [-0.4, -0.2) is 31.0 Å². The number of carboxylic acid groups (broad SMARTS) is 1. The summed E-state index contributed by atoms with van der Waals surface area (Å²) in [6.07, 6.45) is 6.93. The normalized spacial score (nSPS) is 18.3. The van der Waals surface area contributed by atoms with E-state index in [0.717, 1.165) is 11.3 Å². The number of aryl methyl sites for hydroxylation is 1. The van der Waals surface area contributed by atoms with Gasteiger partial charge in [0.15, 0.2) is 11.6 Å². The van der Waals surface area contributed by atoms with Gasteiger partial charge in [0, 0.05) is 24.3 Å². The zero-order valence-electron chi connectivity index (χ0n) is 9.63. The summed E-state index contributed by atoms with van der Waals surface area (Å²) in [4.78, 5) is 26.7. The number of carbonyl (C=O) groups is 1. The Hall–Kier alpha value is -2.24. The first-order valence-corrected chi connectivity index (χ1v) is 5.81. The lowest BCUT2D eigenvalue weighted by Crippen LogP contribution is -2.23. The summed E-state index contributed by atoms with van der Waals surface area (Å²) < 4.78 is 0. The molecule has 6 heteroatoms. The standard InChI is InChI=1S/C12H12N4O2/c17-12(18)7-1-2-9-8(5-7)6-15-11(16-9)10-13-3-4-14-10/h3-4,6-7H,1-2,5H2,(H,13,14)(H,17,18). The quantitative estimate of drug-likeness (QED) is 0.824. The number of hydrogen-bond donors (Lipinski definition) is 2. The molecule has 1 atom stereocenters. The van der Waals surface area contributed by atoms with Gasteiger partial charge >= 0.3 is 5.97 Å². The molecule has 6 nitrogen and oxygen atoms in total. The molecule has 2 N–H and O–H groups in total. The molecular weight excluding hydrogens is 232 g/mol. The van der Waals surface area contributed by atoms with Crippen molar-refractivity contribution >= 4 is 5.97 Å². The Bertz CT molecular complexity index is 580. The van der Waals surface area contributed by atoms with Crippen molar-refractivity contribution in [1.29, 1.82) is 0 Å². The number of carboxylic acids is 1. The van der Waals surface area contributed by atoms with Gasteiger partial charge in [-0.05, 0) is 24.8 Å². The first-order valence-electron chi connectivity index (χ1n) is 5.81. The zero-order chi connectivity index (χ0) is 12.5. The molecule has 1 aliphatic carbocycles. The Kier molecular flexibility index (Phi) is 2.55. The van der Waals surface area contributed by atoms with Crippen molar-refractivity contribution in [3.8, 4) is 11.6 Å². The van der Waals surface area contributed by atoms with Gasteiger partial charge in [0.05, 0.1) is 5.92 Å². The lowest BCUT2D eigenvalue weighted by atomic mass is 9.87. The number of imidazole rings is 1. The molecule has 18 heavy (non-hydrogen) atoms. The van der Waals surface area contributed by atoms with Gasteiger partial charge in [0.25, 0.3) is 0 Å². The second-order valence-corrected chi connectivity index (χ2v) is 4.38. The van der Waals surface area contributed by atoms with Crippen molar-refractivity contribution in [2.75, 3.05) is 0 Å². The molecule has 0 spiro atoms. The number of aromatic nitrogens is 4. The maximum atomic E-state index is 11.0.